The van der Waals surface area contributed by atoms with Gasteiger partial charge >= 0.3 is 0 Å². The normalized spacial score (nSPS) is 13.6. The van der Waals surface area contributed by atoms with Crippen molar-refractivity contribution in [3.8, 4) is 6.07 Å². The molecule has 2 unspecified atom stereocenters. The van der Waals surface area contributed by atoms with E-state index in [1.807, 2.05) is 44.2 Å². The number of H-pyrrole nitrogens is 1. The standard InChI is InChI=1S/C22H25N5O3S/c1-4-15(2)21(22-24-18-7-5-6-8-19(18)25-22)26-20(28)14-27(3)31(29,30)17-11-9-16(13-23)10-12-17/h5-12,15,21H,4,14H2,1-3H3,(H,24,25)(H,26,28). The molecule has 1 amide bonds. The number of imidazole rings is 1. The van der Waals surface area contributed by atoms with Crippen molar-refractivity contribution >= 4 is 27.0 Å². The molecule has 2 N–H and O–H groups in total. The van der Waals surface area contributed by atoms with Crippen molar-refractivity contribution in [2.45, 2.75) is 31.2 Å². The molecule has 31 heavy (non-hydrogen) atoms. The number of benzene rings is 2. The van der Waals surface area contributed by atoms with Gasteiger partial charge < -0.3 is 10.3 Å². The van der Waals surface area contributed by atoms with Gasteiger partial charge in [0, 0.05) is 7.05 Å². The number of nitrogens with zero attached hydrogens (tertiary/aromatic N) is 3. The first-order valence-corrected chi connectivity index (χ1v) is 11.4. The van der Waals surface area contributed by atoms with Crippen molar-refractivity contribution in [3.63, 3.8) is 0 Å². The molecule has 0 fully saturated rings. The van der Waals surface area contributed by atoms with Gasteiger partial charge in [-0.1, -0.05) is 32.4 Å². The minimum Gasteiger partial charge on any atom is -0.345 e. The van der Waals surface area contributed by atoms with E-state index >= 15 is 0 Å². The monoisotopic (exact) mass is 439 g/mol. The van der Waals surface area contributed by atoms with Crippen LogP contribution in [0, 0.1) is 17.2 Å². The van der Waals surface area contributed by atoms with Gasteiger partial charge in [0.25, 0.3) is 0 Å². The number of hydrogen-bond donors (Lipinski definition) is 2. The van der Waals surface area contributed by atoms with Crippen LogP contribution in [0.2, 0.25) is 0 Å². The third-order valence-electron chi connectivity index (χ3n) is 5.29. The predicted molar refractivity (Wildman–Crippen MR) is 117 cm³/mol. The van der Waals surface area contributed by atoms with Gasteiger partial charge in [-0.15, -0.1) is 0 Å². The predicted octanol–water partition coefficient (Wildman–Crippen LogP) is 2.96. The van der Waals surface area contributed by atoms with Gasteiger partial charge in [-0.2, -0.15) is 9.57 Å². The minimum absolute atomic E-state index is 0.0255. The second-order valence-electron chi connectivity index (χ2n) is 7.47. The maximum Gasteiger partial charge on any atom is 0.243 e. The summed E-state index contributed by atoms with van der Waals surface area (Å²) < 4.78 is 26.5. The number of nitrogens with one attached hydrogen (secondary N) is 2. The molecule has 3 rings (SSSR count). The zero-order valence-corrected chi connectivity index (χ0v) is 18.5. The number of carbonyl (C=O) groups excluding carboxylic acids is 1. The van der Waals surface area contributed by atoms with Gasteiger partial charge in [0.05, 0.1) is 40.1 Å². The molecule has 0 spiro atoms. The maximum atomic E-state index is 12.8. The molecule has 8 nitrogen and oxygen atoms in total. The number of likely N-dealkylation sites (N-methyl/N-ethyl adjacent to an activating group) is 1. The smallest absolute Gasteiger partial charge is 0.243 e. The molecule has 0 saturated heterocycles. The van der Waals surface area contributed by atoms with Crippen molar-refractivity contribution in [1.82, 2.24) is 19.6 Å². The van der Waals surface area contributed by atoms with E-state index in [-0.39, 0.29) is 23.4 Å². The lowest BCUT2D eigenvalue weighted by Crippen LogP contribution is -2.41. The number of aromatic nitrogens is 2. The second kappa shape index (κ2) is 9.29. The molecular formula is C22H25N5O3S. The zero-order valence-electron chi connectivity index (χ0n) is 17.7. The van der Waals surface area contributed by atoms with Crippen LogP contribution >= 0.6 is 0 Å². The zero-order chi connectivity index (χ0) is 22.6. The van der Waals surface area contributed by atoms with E-state index in [0.29, 0.717) is 11.4 Å². The highest BCUT2D eigenvalue weighted by atomic mass is 32.2. The number of hydrogen-bond acceptors (Lipinski definition) is 5. The Hall–Kier alpha value is -3.22. The average Bonchev–Trinajstić information content (AvgIpc) is 3.20. The summed E-state index contributed by atoms with van der Waals surface area (Å²) in [5.41, 5.74) is 2.04. The largest absolute Gasteiger partial charge is 0.345 e. The number of aromatic amines is 1. The van der Waals surface area contributed by atoms with Crippen LogP contribution in [-0.4, -0.2) is 42.2 Å². The summed E-state index contributed by atoms with van der Waals surface area (Å²) in [6.07, 6.45) is 0.807. The second-order valence-corrected chi connectivity index (χ2v) is 9.51. The summed E-state index contributed by atoms with van der Waals surface area (Å²) >= 11 is 0. The Kier molecular flexibility index (Phi) is 6.73. The molecule has 0 aliphatic carbocycles. The van der Waals surface area contributed by atoms with Crippen molar-refractivity contribution in [2.24, 2.45) is 5.92 Å². The highest BCUT2D eigenvalue weighted by Crippen LogP contribution is 2.24. The van der Waals surface area contributed by atoms with Crippen LogP contribution in [0.3, 0.4) is 0 Å². The first-order valence-electron chi connectivity index (χ1n) is 9.96. The molecule has 2 atom stereocenters. The third-order valence-corrected chi connectivity index (χ3v) is 7.11. The fourth-order valence-electron chi connectivity index (χ4n) is 3.22. The van der Waals surface area contributed by atoms with Crippen LogP contribution < -0.4 is 5.32 Å². The van der Waals surface area contributed by atoms with Crippen molar-refractivity contribution in [3.05, 3.63) is 59.9 Å². The van der Waals surface area contributed by atoms with E-state index in [1.165, 1.54) is 31.3 Å². The molecule has 0 saturated carbocycles. The molecule has 1 heterocycles. The summed E-state index contributed by atoms with van der Waals surface area (Å²) in [5, 5.41) is 11.8. The van der Waals surface area contributed by atoms with E-state index in [1.54, 1.807) is 0 Å². The SMILES string of the molecule is CCC(C)C(NC(=O)CN(C)S(=O)(=O)c1ccc(C#N)cc1)c1nc2ccccc2[nH]1. The number of amides is 1. The van der Waals surface area contributed by atoms with E-state index in [4.69, 9.17) is 5.26 Å². The molecule has 162 valence electrons. The fourth-order valence-corrected chi connectivity index (χ4v) is 4.35. The Balaban J connectivity index is 1.76. The Bertz CT molecular complexity index is 1180. The highest BCUT2D eigenvalue weighted by molar-refractivity contribution is 7.89. The lowest BCUT2D eigenvalue weighted by molar-refractivity contribution is -0.122. The summed E-state index contributed by atoms with van der Waals surface area (Å²) in [6, 6.07) is 14.8. The van der Waals surface area contributed by atoms with Gasteiger partial charge in [-0.25, -0.2) is 13.4 Å². The van der Waals surface area contributed by atoms with E-state index in [0.717, 1.165) is 21.8 Å². The van der Waals surface area contributed by atoms with Crippen LogP contribution in [0.4, 0.5) is 0 Å². The lowest BCUT2D eigenvalue weighted by atomic mass is 9.98. The summed E-state index contributed by atoms with van der Waals surface area (Å²) in [5.74, 6) is 0.303. The topological polar surface area (TPSA) is 119 Å². The van der Waals surface area contributed by atoms with Crippen molar-refractivity contribution in [1.29, 1.82) is 5.26 Å². The van der Waals surface area contributed by atoms with Crippen molar-refractivity contribution < 1.29 is 13.2 Å². The fraction of sp³-hybridized carbons (Fsp3) is 0.318. The lowest BCUT2D eigenvalue weighted by Gasteiger charge is -2.24. The quantitative estimate of drug-likeness (QED) is 0.559. The number of fused-ring (bicyclic) bond motifs is 1. The minimum atomic E-state index is -3.87. The van der Waals surface area contributed by atoms with Crippen LogP contribution in [0.15, 0.2) is 53.4 Å². The number of sulfonamides is 1. The highest BCUT2D eigenvalue weighted by Gasteiger charge is 2.27. The number of carbonyl (C=O) groups is 1. The number of rotatable bonds is 8. The summed E-state index contributed by atoms with van der Waals surface area (Å²) in [6.45, 7) is 3.69. The van der Waals surface area contributed by atoms with Gasteiger partial charge in [0.2, 0.25) is 15.9 Å². The Morgan fingerprint density at radius 1 is 1.23 bits per heavy atom. The van der Waals surface area contributed by atoms with Gasteiger partial charge in [-0.05, 0) is 42.3 Å². The molecule has 2 aromatic carbocycles. The molecule has 1 aromatic heterocycles. The molecule has 0 aliphatic rings. The number of para-hydroxylation sites is 2. The first-order chi connectivity index (χ1) is 14.8. The first kappa shape index (κ1) is 22.5. The van der Waals surface area contributed by atoms with Gasteiger partial charge in [0.1, 0.15) is 5.82 Å². The summed E-state index contributed by atoms with van der Waals surface area (Å²) in [7, 11) is -2.51. The van der Waals surface area contributed by atoms with E-state index in [2.05, 4.69) is 15.3 Å². The van der Waals surface area contributed by atoms with Gasteiger partial charge in [-0.3, -0.25) is 4.79 Å². The molecule has 0 radical (unpaired) electrons. The van der Waals surface area contributed by atoms with E-state index in [9.17, 15) is 13.2 Å². The van der Waals surface area contributed by atoms with Crippen LogP contribution in [-0.2, 0) is 14.8 Å². The van der Waals surface area contributed by atoms with Crippen molar-refractivity contribution in [2.75, 3.05) is 13.6 Å². The average molecular weight is 440 g/mol. The van der Waals surface area contributed by atoms with Crippen LogP contribution in [0.5, 0.6) is 0 Å². The van der Waals surface area contributed by atoms with E-state index < -0.39 is 15.9 Å². The van der Waals surface area contributed by atoms with Crippen LogP contribution in [0.25, 0.3) is 11.0 Å². The molecule has 0 aliphatic heterocycles. The summed E-state index contributed by atoms with van der Waals surface area (Å²) in [4.78, 5) is 20.6. The Morgan fingerprint density at radius 2 is 1.90 bits per heavy atom. The van der Waals surface area contributed by atoms with Crippen LogP contribution in [0.1, 0.15) is 37.7 Å². The molecular weight excluding hydrogens is 414 g/mol. The third kappa shape index (κ3) is 4.93. The molecule has 0 bridgehead atoms. The molecule has 3 aromatic rings. The maximum absolute atomic E-state index is 12.8. The Morgan fingerprint density at radius 3 is 2.52 bits per heavy atom. The van der Waals surface area contributed by atoms with Gasteiger partial charge in [0.15, 0.2) is 0 Å². The number of nitriles is 1. The Labute approximate surface area is 182 Å². The molecule has 9 heteroatoms.